The van der Waals surface area contributed by atoms with Gasteiger partial charge in [0.1, 0.15) is 17.8 Å². The van der Waals surface area contributed by atoms with E-state index in [-0.39, 0.29) is 41.8 Å². The van der Waals surface area contributed by atoms with Crippen molar-refractivity contribution in [2.75, 3.05) is 70.1 Å². The van der Waals surface area contributed by atoms with Crippen LogP contribution in [0.2, 0.25) is 0 Å². The first-order valence-corrected chi connectivity index (χ1v) is 13.8. The minimum Gasteiger partial charge on any atom is -0.367 e. The highest BCUT2D eigenvalue weighted by atomic mass is 19.1. The molecule has 0 aromatic carbocycles. The fourth-order valence-electron chi connectivity index (χ4n) is 5.94. The number of piperidine rings is 1. The molecule has 4 N–H and O–H groups in total. The Morgan fingerprint density at radius 2 is 1.90 bits per heavy atom. The Labute approximate surface area is 233 Å². The second-order valence-electron chi connectivity index (χ2n) is 11.8. The molecular formula is C26H41F2N9O3. The molecule has 222 valence electrons. The molecule has 0 bridgehead atoms. The van der Waals surface area contributed by atoms with E-state index in [9.17, 15) is 18.9 Å². The fraction of sp³-hybridized carbons (Fsp3) is 0.731. The van der Waals surface area contributed by atoms with Crippen molar-refractivity contribution in [3.8, 4) is 0 Å². The van der Waals surface area contributed by atoms with Crippen LogP contribution in [0.15, 0.2) is 17.6 Å². The Morgan fingerprint density at radius 1 is 1.20 bits per heavy atom. The molecule has 3 aliphatic rings. The molecule has 0 aliphatic carbocycles. The number of rotatable bonds is 7. The van der Waals surface area contributed by atoms with Gasteiger partial charge in [0.05, 0.1) is 24.2 Å². The minimum absolute atomic E-state index is 0.00355. The summed E-state index contributed by atoms with van der Waals surface area (Å²) in [6.07, 6.45) is 0.208. The van der Waals surface area contributed by atoms with Crippen LogP contribution < -0.4 is 21.3 Å². The maximum Gasteiger partial charge on any atom is 0.234 e. The zero-order valence-corrected chi connectivity index (χ0v) is 23.6. The smallest absolute Gasteiger partial charge is 0.234 e. The van der Waals surface area contributed by atoms with Crippen molar-refractivity contribution < 1.29 is 18.4 Å². The predicted molar refractivity (Wildman–Crippen MR) is 148 cm³/mol. The number of carbonyl (C=O) groups is 2. The summed E-state index contributed by atoms with van der Waals surface area (Å²) in [6.45, 7) is 7.29. The van der Waals surface area contributed by atoms with Crippen molar-refractivity contribution in [3.05, 3.63) is 23.1 Å². The zero-order valence-electron chi connectivity index (χ0n) is 23.6. The summed E-state index contributed by atoms with van der Waals surface area (Å²) >= 11 is 0. The summed E-state index contributed by atoms with van der Waals surface area (Å²) < 4.78 is 29.0. The normalized spacial score (nSPS) is 26.3. The lowest BCUT2D eigenvalue weighted by molar-refractivity contribution is -0.140. The highest BCUT2D eigenvalue weighted by Crippen LogP contribution is 2.33. The molecule has 4 unspecified atom stereocenters. The van der Waals surface area contributed by atoms with Gasteiger partial charge in [0, 0.05) is 57.3 Å². The van der Waals surface area contributed by atoms with Crippen molar-refractivity contribution in [1.29, 1.82) is 0 Å². The second-order valence-corrected chi connectivity index (χ2v) is 11.8. The lowest BCUT2D eigenvalue weighted by Crippen LogP contribution is -2.62. The van der Waals surface area contributed by atoms with E-state index >= 15 is 4.39 Å². The van der Waals surface area contributed by atoms with Crippen LogP contribution in [0.4, 0.5) is 20.2 Å². The lowest BCUT2D eigenvalue weighted by Gasteiger charge is -2.46. The van der Waals surface area contributed by atoms with Gasteiger partial charge in [-0.2, -0.15) is 0 Å². The number of piperazine rings is 1. The molecule has 14 heteroatoms. The van der Waals surface area contributed by atoms with Crippen LogP contribution >= 0.6 is 0 Å². The number of likely N-dealkylation sites (N-methyl/N-ethyl adjacent to an activating group) is 1. The van der Waals surface area contributed by atoms with Crippen molar-refractivity contribution in [2.24, 2.45) is 22.7 Å². The van der Waals surface area contributed by atoms with Gasteiger partial charge in [0.15, 0.2) is 12.0 Å². The molecule has 3 aliphatic heterocycles. The van der Waals surface area contributed by atoms with Gasteiger partial charge in [-0.1, -0.05) is 5.18 Å². The van der Waals surface area contributed by atoms with Crippen LogP contribution in [0, 0.1) is 22.6 Å². The lowest BCUT2D eigenvalue weighted by atomic mass is 9.92. The van der Waals surface area contributed by atoms with Crippen molar-refractivity contribution in [2.45, 2.75) is 50.7 Å². The van der Waals surface area contributed by atoms with Crippen LogP contribution in [-0.4, -0.2) is 115 Å². The number of hydrogen-bond donors (Lipinski definition) is 3. The number of anilines is 2. The van der Waals surface area contributed by atoms with E-state index in [1.165, 1.54) is 6.20 Å². The van der Waals surface area contributed by atoms with E-state index < -0.39 is 36.1 Å². The van der Waals surface area contributed by atoms with Gasteiger partial charge in [0.2, 0.25) is 11.8 Å². The SMILES string of the molecule is CN1CC(F)CNC1C(C(=O)Nc1cncc(F)c1N1CCC(C(=O)N2CCN(C)C(C)(C)C2)CC1)C(N)N=O. The highest BCUT2D eigenvalue weighted by molar-refractivity contribution is 5.96. The van der Waals surface area contributed by atoms with Gasteiger partial charge in [-0.15, -0.1) is 4.91 Å². The number of nitrogens with two attached hydrogens (primary N) is 1. The Hall–Kier alpha value is -2.81. The number of amides is 2. The van der Waals surface area contributed by atoms with E-state index in [2.05, 4.69) is 46.6 Å². The predicted octanol–water partition coefficient (Wildman–Crippen LogP) is 0.795. The third kappa shape index (κ3) is 6.40. The molecular weight excluding hydrogens is 524 g/mol. The molecule has 1 aromatic rings. The average Bonchev–Trinajstić information content (AvgIpc) is 2.91. The number of hydrogen-bond acceptors (Lipinski definition) is 10. The van der Waals surface area contributed by atoms with Gasteiger partial charge in [0.25, 0.3) is 0 Å². The number of pyridine rings is 1. The summed E-state index contributed by atoms with van der Waals surface area (Å²) in [6, 6.07) is 0. The first kappa shape index (κ1) is 30.2. The topological polar surface area (TPSA) is 140 Å². The molecule has 4 atom stereocenters. The second kappa shape index (κ2) is 12.4. The van der Waals surface area contributed by atoms with E-state index in [0.29, 0.717) is 39.0 Å². The maximum atomic E-state index is 15.1. The molecule has 3 fully saturated rings. The first-order valence-electron chi connectivity index (χ1n) is 13.8. The molecule has 4 rings (SSSR count). The van der Waals surface area contributed by atoms with Crippen molar-refractivity contribution in [3.63, 3.8) is 0 Å². The maximum absolute atomic E-state index is 15.1. The number of aromatic nitrogens is 1. The molecule has 3 saturated heterocycles. The molecule has 0 saturated carbocycles. The quantitative estimate of drug-likeness (QED) is 0.410. The van der Waals surface area contributed by atoms with E-state index in [4.69, 9.17) is 5.73 Å². The molecule has 0 radical (unpaired) electrons. The molecule has 2 amide bonds. The molecule has 4 heterocycles. The van der Waals surface area contributed by atoms with Crippen LogP contribution in [0.25, 0.3) is 0 Å². The monoisotopic (exact) mass is 565 g/mol. The van der Waals surface area contributed by atoms with Gasteiger partial charge in [-0.3, -0.25) is 29.7 Å². The van der Waals surface area contributed by atoms with Crippen LogP contribution in [0.1, 0.15) is 26.7 Å². The van der Waals surface area contributed by atoms with E-state index in [1.54, 1.807) is 16.8 Å². The average molecular weight is 566 g/mol. The summed E-state index contributed by atoms with van der Waals surface area (Å²) in [7, 11) is 3.68. The Morgan fingerprint density at radius 3 is 2.52 bits per heavy atom. The summed E-state index contributed by atoms with van der Waals surface area (Å²) in [5.74, 6) is -2.48. The number of carbonyl (C=O) groups excluding carboxylic acids is 2. The molecule has 0 spiro atoms. The Kier molecular flexibility index (Phi) is 9.33. The van der Waals surface area contributed by atoms with E-state index in [0.717, 1.165) is 12.7 Å². The van der Waals surface area contributed by atoms with Gasteiger partial charge in [-0.05, 0) is 40.8 Å². The van der Waals surface area contributed by atoms with Crippen LogP contribution in [0.5, 0.6) is 0 Å². The third-order valence-corrected chi connectivity index (χ3v) is 8.56. The highest BCUT2D eigenvalue weighted by Gasteiger charge is 2.41. The fourth-order valence-corrected chi connectivity index (χ4v) is 5.94. The van der Waals surface area contributed by atoms with Crippen LogP contribution in [-0.2, 0) is 9.59 Å². The summed E-state index contributed by atoms with van der Waals surface area (Å²) in [4.78, 5) is 49.5. The first-order chi connectivity index (χ1) is 18.9. The molecule has 40 heavy (non-hydrogen) atoms. The van der Waals surface area contributed by atoms with Gasteiger partial charge in [-0.25, -0.2) is 8.78 Å². The van der Waals surface area contributed by atoms with Gasteiger partial charge < -0.3 is 20.9 Å². The largest absolute Gasteiger partial charge is 0.367 e. The minimum atomic E-state index is -1.41. The van der Waals surface area contributed by atoms with Gasteiger partial charge >= 0.3 is 0 Å². The summed E-state index contributed by atoms with van der Waals surface area (Å²) in [5.41, 5.74) is 6.09. The number of nitroso groups, excluding NO2 is 1. The zero-order chi connectivity index (χ0) is 29.2. The number of alkyl halides is 1. The Bertz CT molecular complexity index is 1090. The number of nitrogens with zero attached hydrogens (tertiary/aromatic N) is 6. The third-order valence-electron chi connectivity index (χ3n) is 8.56. The van der Waals surface area contributed by atoms with E-state index in [1.807, 2.05) is 4.90 Å². The number of halogens is 2. The number of nitrogens with one attached hydrogen (secondary N) is 2. The molecule has 1 aromatic heterocycles. The van der Waals surface area contributed by atoms with Crippen LogP contribution in [0.3, 0.4) is 0 Å². The standard InChI is InChI=1S/C26H41F2N9O3/c1-26(2)15-37(10-9-35(26)4)25(39)16-5-7-36(8-6-16)21-18(28)12-30-13-19(21)32-24(38)20(22(29)33-40)23-31-11-17(27)14-34(23)3/h12-13,16-17,20,22-23,31H,5-11,14-15,29H2,1-4H3,(H,32,38). The van der Waals surface area contributed by atoms with Crippen molar-refractivity contribution >= 4 is 23.2 Å². The summed E-state index contributed by atoms with van der Waals surface area (Å²) in [5, 5.41) is 8.46. The Balaban J connectivity index is 1.45. The van der Waals surface area contributed by atoms with Crippen molar-refractivity contribution in [1.82, 2.24) is 25.0 Å². The molecule has 12 nitrogen and oxygen atoms in total.